The highest BCUT2D eigenvalue weighted by molar-refractivity contribution is 6.02. The summed E-state index contributed by atoms with van der Waals surface area (Å²) in [5.74, 6) is 0.291. The standard InChI is InChI=1S/C22H21F3N4O2/c1-26-21(27-13-15-5-2-7-17(11-15)22(23,24)25)28-14-16-6-3-8-18(12-16)29-20(30)19-9-4-10-31-19/h2-12H,13-14H2,1H3,(H,29,30)(H2,26,27,28). The van der Waals surface area contributed by atoms with Gasteiger partial charge in [0.15, 0.2) is 11.7 Å². The maximum absolute atomic E-state index is 12.8. The fourth-order valence-corrected chi connectivity index (χ4v) is 2.81. The second kappa shape index (κ2) is 9.84. The number of furan rings is 1. The quantitative estimate of drug-likeness (QED) is 0.400. The molecular weight excluding hydrogens is 409 g/mol. The molecule has 0 bridgehead atoms. The molecule has 6 nitrogen and oxygen atoms in total. The van der Waals surface area contributed by atoms with E-state index in [1.54, 1.807) is 43.4 Å². The summed E-state index contributed by atoms with van der Waals surface area (Å²) in [5.41, 5.74) is 1.27. The van der Waals surface area contributed by atoms with Crippen LogP contribution < -0.4 is 16.0 Å². The van der Waals surface area contributed by atoms with Crippen LogP contribution in [0.2, 0.25) is 0 Å². The van der Waals surface area contributed by atoms with E-state index in [2.05, 4.69) is 20.9 Å². The predicted octanol–water partition coefficient (Wildman–Crippen LogP) is 4.42. The van der Waals surface area contributed by atoms with Gasteiger partial charge in [-0.1, -0.05) is 24.3 Å². The molecule has 3 aromatic rings. The number of anilines is 1. The summed E-state index contributed by atoms with van der Waals surface area (Å²) in [6.45, 7) is 0.579. The number of hydrogen-bond donors (Lipinski definition) is 3. The van der Waals surface area contributed by atoms with Crippen molar-refractivity contribution in [3.8, 4) is 0 Å². The molecule has 1 amide bonds. The van der Waals surface area contributed by atoms with Crippen molar-refractivity contribution in [3.63, 3.8) is 0 Å². The lowest BCUT2D eigenvalue weighted by molar-refractivity contribution is -0.137. The molecule has 3 N–H and O–H groups in total. The van der Waals surface area contributed by atoms with Gasteiger partial charge in [0.25, 0.3) is 5.91 Å². The number of nitrogens with one attached hydrogen (secondary N) is 3. The van der Waals surface area contributed by atoms with E-state index < -0.39 is 11.7 Å². The van der Waals surface area contributed by atoms with Gasteiger partial charge in [-0.15, -0.1) is 0 Å². The van der Waals surface area contributed by atoms with Crippen molar-refractivity contribution in [1.82, 2.24) is 10.6 Å². The molecule has 2 aromatic carbocycles. The molecule has 0 unspecified atom stereocenters. The Labute approximate surface area is 177 Å². The van der Waals surface area contributed by atoms with Gasteiger partial charge < -0.3 is 20.4 Å². The van der Waals surface area contributed by atoms with Crippen molar-refractivity contribution in [2.24, 2.45) is 4.99 Å². The van der Waals surface area contributed by atoms with Crippen molar-refractivity contribution in [2.75, 3.05) is 12.4 Å². The summed E-state index contributed by atoms with van der Waals surface area (Å²) < 4.78 is 43.6. The molecule has 1 aromatic heterocycles. The second-order valence-corrected chi connectivity index (χ2v) is 6.61. The fraction of sp³-hybridized carbons (Fsp3) is 0.182. The molecule has 0 aliphatic rings. The molecule has 0 aliphatic carbocycles. The molecule has 3 rings (SSSR count). The summed E-state index contributed by atoms with van der Waals surface area (Å²) in [6.07, 6.45) is -2.96. The van der Waals surface area contributed by atoms with E-state index in [9.17, 15) is 18.0 Å². The zero-order valence-electron chi connectivity index (χ0n) is 16.7. The minimum Gasteiger partial charge on any atom is -0.459 e. The van der Waals surface area contributed by atoms with Crippen molar-refractivity contribution in [1.29, 1.82) is 0 Å². The van der Waals surface area contributed by atoms with Crippen LogP contribution in [0.1, 0.15) is 27.2 Å². The summed E-state index contributed by atoms with van der Waals surface area (Å²) in [4.78, 5) is 16.2. The van der Waals surface area contributed by atoms with E-state index in [0.717, 1.165) is 17.7 Å². The van der Waals surface area contributed by atoms with Crippen molar-refractivity contribution in [3.05, 3.63) is 89.4 Å². The van der Waals surface area contributed by atoms with Crippen LogP contribution in [0, 0.1) is 0 Å². The van der Waals surface area contributed by atoms with E-state index in [0.29, 0.717) is 23.8 Å². The molecule has 0 fully saturated rings. The average molecular weight is 430 g/mol. The van der Waals surface area contributed by atoms with E-state index in [1.165, 1.54) is 12.3 Å². The smallest absolute Gasteiger partial charge is 0.416 e. The van der Waals surface area contributed by atoms with Crippen LogP contribution in [0.3, 0.4) is 0 Å². The van der Waals surface area contributed by atoms with E-state index in [1.807, 2.05) is 6.07 Å². The lowest BCUT2D eigenvalue weighted by atomic mass is 10.1. The number of halogens is 3. The van der Waals surface area contributed by atoms with Crippen LogP contribution in [0.4, 0.5) is 18.9 Å². The molecule has 0 radical (unpaired) electrons. The highest BCUT2D eigenvalue weighted by Crippen LogP contribution is 2.29. The summed E-state index contributed by atoms with van der Waals surface area (Å²) >= 11 is 0. The van der Waals surface area contributed by atoms with Gasteiger partial charge in [-0.3, -0.25) is 9.79 Å². The van der Waals surface area contributed by atoms with Gasteiger partial charge in [-0.2, -0.15) is 13.2 Å². The third kappa shape index (κ3) is 6.36. The Hall–Kier alpha value is -3.75. The average Bonchev–Trinajstić information content (AvgIpc) is 3.29. The zero-order chi connectivity index (χ0) is 22.3. The van der Waals surface area contributed by atoms with Crippen LogP contribution in [0.15, 0.2) is 76.3 Å². The van der Waals surface area contributed by atoms with Gasteiger partial charge in [0.05, 0.1) is 11.8 Å². The number of amides is 1. The zero-order valence-corrected chi connectivity index (χ0v) is 16.7. The Kier molecular flexibility index (Phi) is 6.96. The van der Waals surface area contributed by atoms with E-state index in [4.69, 9.17) is 4.42 Å². The fourth-order valence-electron chi connectivity index (χ4n) is 2.81. The van der Waals surface area contributed by atoms with Crippen LogP contribution in [0.5, 0.6) is 0 Å². The number of alkyl halides is 3. The first-order valence-electron chi connectivity index (χ1n) is 9.39. The van der Waals surface area contributed by atoms with Crippen molar-refractivity contribution in [2.45, 2.75) is 19.3 Å². The summed E-state index contributed by atoms with van der Waals surface area (Å²) in [5, 5.41) is 8.84. The molecule has 1 heterocycles. The Morgan fingerprint density at radius 1 is 0.968 bits per heavy atom. The van der Waals surface area contributed by atoms with E-state index in [-0.39, 0.29) is 18.2 Å². The first-order chi connectivity index (χ1) is 14.8. The van der Waals surface area contributed by atoms with Crippen molar-refractivity contribution >= 4 is 17.6 Å². The molecule has 0 saturated carbocycles. The Bertz CT molecular complexity index is 1050. The van der Waals surface area contributed by atoms with Crippen LogP contribution in [-0.4, -0.2) is 18.9 Å². The lowest BCUT2D eigenvalue weighted by Crippen LogP contribution is -2.36. The molecule has 0 atom stereocenters. The summed E-state index contributed by atoms with van der Waals surface area (Å²) in [7, 11) is 1.57. The third-order valence-corrected chi connectivity index (χ3v) is 4.33. The largest absolute Gasteiger partial charge is 0.459 e. The second-order valence-electron chi connectivity index (χ2n) is 6.61. The molecule has 0 spiro atoms. The van der Waals surface area contributed by atoms with Gasteiger partial charge in [0, 0.05) is 25.8 Å². The van der Waals surface area contributed by atoms with Crippen molar-refractivity contribution < 1.29 is 22.4 Å². The highest BCUT2D eigenvalue weighted by atomic mass is 19.4. The molecule has 0 aliphatic heterocycles. The van der Waals surface area contributed by atoms with Gasteiger partial charge in [-0.25, -0.2) is 0 Å². The Morgan fingerprint density at radius 3 is 2.26 bits per heavy atom. The number of nitrogens with zero attached hydrogens (tertiary/aromatic N) is 1. The number of rotatable bonds is 6. The van der Waals surface area contributed by atoms with Crippen LogP contribution in [0.25, 0.3) is 0 Å². The molecule has 9 heteroatoms. The van der Waals surface area contributed by atoms with Crippen LogP contribution >= 0.6 is 0 Å². The monoisotopic (exact) mass is 430 g/mol. The third-order valence-electron chi connectivity index (χ3n) is 4.33. The molecule has 162 valence electrons. The highest BCUT2D eigenvalue weighted by Gasteiger charge is 2.30. The number of guanidine groups is 1. The van der Waals surface area contributed by atoms with Crippen LogP contribution in [-0.2, 0) is 19.3 Å². The normalized spacial score (nSPS) is 11.8. The first-order valence-corrected chi connectivity index (χ1v) is 9.39. The van der Waals surface area contributed by atoms with Gasteiger partial charge in [0.1, 0.15) is 0 Å². The Balaban J connectivity index is 1.54. The molecule has 31 heavy (non-hydrogen) atoms. The van der Waals surface area contributed by atoms with Gasteiger partial charge in [0.2, 0.25) is 0 Å². The van der Waals surface area contributed by atoms with Gasteiger partial charge >= 0.3 is 6.18 Å². The molecule has 0 saturated heterocycles. The maximum atomic E-state index is 12.8. The Morgan fingerprint density at radius 2 is 1.65 bits per heavy atom. The number of hydrogen-bond acceptors (Lipinski definition) is 3. The number of aliphatic imine (C=N–C) groups is 1. The predicted molar refractivity (Wildman–Crippen MR) is 112 cm³/mol. The minimum atomic E-state index is -4.38. The number of carbonyl (C=O) groups excluding carboxylic acids is 1. The summed E-state index contributed by atoms with van der Waals surface area (Å²) in [6, 6.07) is 15.6. The first kappa shape index (κ1) is 21.9. The topological polar surface area (TPSA) is 78.7 Å². The van der Waals surface area contributed by atoms with E-state index >= 15 is 0 Å². The van der Waals surface area contributed by atoms with Gasteiger partial charge in [-0.05, 0) is 47.5 Å². The minimum absolute atomic E-state index is 0.183. The number of benzene rings is 2. The SMILES string of the molecule is CN=C(NCc1cccc(NC(=O)c2ccco2)c1)NCc1cccc(C(F)(F)F)c1. The molecular formula is C22H21F3N4O2. The maximum Gasteiger partial charge on any atom is 0.416 e. The lowest BCUT2D eigenvalue weighted by Gasteiger charge is -2.14. The number of carbonyl (C=O) groups is 1.